The van der Waals surface area contributed by atoms with Crippen molar-refractivity contribution in [1.82, 2.24) is 10.6 Å². The Morgan fingerprint density at radius 2 is 1.75 bits per heavy atom. The van der Waals surface area contributed by atoms with Crippen LogP contribution < -0.4 is 15.4 Å². The lowest BCUT2D eigenvalue weighted by Gasteiger charge is -2.13. The number of nitrogens with one attached hydrogen (secondary N) is 2. The van der Waals surface area contributed by atoms with E-state index in [4.69, 9.17) is 16.3 Å². The predicted octanol–water partition coefficient (Wildman–Crippen LogP) is 3.45. The maximum atomic E-state index is 13.3. The molecule has 0 fully saturated rings. The van der Waals surface area contributed by atoms with E-state index in [0.717, 1.165) is 18.2 Å². The van der Waals surface area contributed by atoms with Crippen molar-refractivity contribution in [2.24, 2.45) is 0 Å². The number of hydrogen-bond donors (Lipinski definition) is 3. The molecular weight excluding hydrogens is 456 g/mol. The summed E-state index contributed by atoms with van der Waals surface area (Å²) < 4.78 is 56.0. The molecule has 2 aromatic carbocycles. The molecule has 0 aliphatic rings. The second kappa shape index (κ2) is 11.7. The fourth-order valence-electron chi connectivity index (χ4n) is 2.50. The largest absolute Gasteiger partial charge is 0.484 e. The highest BCUT2D eigenvalue weighted by Gasteiger charge is 2.29. The van der Waals surface area contributed by atoms with E-state index >= 15 is 0 Å². The highest BCUT2D eigenvalue weighted by atomic mass is 35.5. The van der Waals surface area contributed by atoms with Crippen LogP contribution in [0.2, 0.25) is 5.02 Å². The van der Waals surface area contributed by atoms with Gasteiger partial charge in [0, 0.05) is 25.6 Å². The van der Waals surface area contributed by atoms with Crippen LogP contribution in [-0.2, 0) is 22.3 Å². The molecule has 1 unspecified atom stereocenters. The third-order valence-electron chi connectivity index (χ3n) is 4.27. The van der Waals surface area contributed by atoms with Crippen LogP contribution in [0.4, 0.5) is 17.6 Å². The molecule has 1 atom stereocenters. The maximum absolute atomic E-state index is 13.3. The van der Waals surface area contributed by atoms with Gasteiger partial charge in [-0.25, -0.2) is 4.39 Å². The fourth-order valence-corrected chi connectivity index (χ4v) is 2.62. The normalized spacial score (nSPS) is 12.2. The zero-order valence-corrected chi connectivity index (χ0v) is 17.5. The van der Waals surface area contributed by atoms with E-state index in [2.05, 4.69) is 10.6 Å². The molecule has 0 aliphatic carbocycles. The minimum Gasteiger partial charge on any atom is -0.484 e. The van der Waals surface area contributed by atoms with Gasteiger partial charge in [-0.15, -0.1) is 0 Å². The Bertz CT molecular complexity index is 923. The van der Waals surface area contributed by atoms with Crippen molar-refractivity contribution in [2.45, 2.75) is 31.7 Å². The van der Waals surface area contributed by atoms with Crippen LogP contribution in [-0.4, -0.2) is 36.2 Å². The van der Waals surface area contributed by atoms with Gasteiger partial charge in [0.2, 0.25) is 5.91 Å². The van der Waals surface area contributed by atoms with Gasteiger partial charge in [0.25, 0.3) is 5.91 Å². The summed E-state index contributed by atoms with van der Waals surface area (Å²) in [6.07, 6.45) is -5.41. The summed E-state index contributed by atoms with van der Waals surface area (Å²) in [5, 5.41) is 14.8. The summed E-state index contributed by atoms with van der Waals surface area (Å²) in [5.41, 5.74) is -0.275. The minimum atomic E-state index is -4.42. The molecule has 0 saturated heterocycles. The molecule has 11 heteroatoms. The molecule has 2 rings (SSSR count). The van der Waals surface area contributed by atoms with Crippen LogP contribution in [0.15, 0.2) is 42.5 Å². The Balaban J connectivity index is 1.62. The number of carbonyl (C=O) groups is 2. The molecule has 0 spiro atoms. The molecule has 174 valence electrons. The number of aliphatic hydroxyl groups is 1. The van der Waals surface area contributed by atoms with Crippen molar-refractivity contribution in [2.75, 3.05) is 13.2 Å². The molecule has 32 heavy (non-hydrogen) atoms. The van der Waals surface area contributed by atoms with Gasteiger partial charge in [-0.2, -0.15) is 13.2 Å². The number of halogens is 5. The first-order valence-electron chi connectivity index (χ1n) is 9.50. The van der Waals surface area contributed by atoms with Crippen molar-refractivity contribution in [1.29, 1.82) is 0 Å². The standard InChI is InChI=1S/C21H21ClF4N2O4/c22-17-7-6-16(9-18(17)23)32-12-20(31)28-11-15(29)5-8-19(30)27-10-13-1-3-14(4-2-13)21(24,25)26/h1-4,6-7,9,15,29H,5,8,10-12H2,(H,27,30)(H,28,31). The van der Waals surface area contributed by atoms with Gasteiger partial charge in [0.1, 0.15) is 11.6 Å². The second-order valence-corrected chi connectivity index (χ2v) is 7.24. The van der Waals surface area contributed by atoms with E-state index in [1.54, 1.807) is 0 Å². The molecule has 0 aromatic heterocycles. The SMILES string of the molecule is O=C(CCC(O)CNC(=O)COc1ccc(Cl)c(F)c1)NCc1ccc(C(F)(F)F)cc1. The number of benzene rings is 2. The van der Waals surface area contributed by atoms with E-state index in [-0.39, 0.29) is 36.7 Å². The first-order valence-corrected chi connectivity index (χ1v) is 9.88. The smallest absolute Gasteiger partial charge is 0.416 e. The Kier molecular flexibility index (Phi) is 9.27. The number of ether oxygens (including phenoxy) is 1. The zero-order valence-electron chi connectivity index (χ0n) is 16.7. The van der Waals surface area contributed by atoms with Gasteiger partial charge in [0.15, 0.2) is 6.61 Å². The second-order valence-electron chi connectivity index (χ2n) is 6.83. The molecule has 0 radical (unpaired) electrons. The number of carbonyl (C=O) groups excluding carboxylic acids is 2. The molecule has 0 aliphatic heterocycles. The molecule has 0 heterocycles. The van der Waals surface area contributed by atoms with E-state index in [1.807, 2.05) is 0 Å². The van der Waals surface area contributed by atoms with Crippen molar-refractivity contribution in [3.8, 4) is 5.75 Å². The number of rotatable bonds is 10. The van der Waals surface area contributed by atoms with E-state index < -0.39 is 42.1 Å². The minimum absolute atomic E-state index is 0.0434. The third-order valence-corrected chi connectivity index (χ3v) is 4.58. The summed E-state index contributed by atoms with van der Waals surface area (Å²) in [4.78, 5) is 23.6. The van der Waals surface area contributed by atoms with Crippen molar-refractivity contribution >= 4 is 23.4 Å². The first kappa shape index (κ1) is 25.4. The lowest BCUT2D eigenvalue weighted by Crippen LogP contribution is -2.36. The number of alkyl halides is 3. The van der Waals surface area contributed by atoms with Gasteiger partial charge in [-0.05, 0) is 36.2 Å². The first-order chi connectivity index (χ1) is 15.0. The van der Waals surface area contributed by atoms with Crippen molar-refractivity contribution in [3.05, 3.63) is 64.4 Å². The average Bonchev–Trinajstić information content (AvgIpc) is 2.75. The number of amides is 2. The summed E-state index contributed by atoms with van der Waals surface area (Å²) >= 11 is 5.55. The molecule has 2 aromatic rings. The Morgan fingerprint density at radius 1 is 1.06 bits per heavy atom. The zero-order chi connectivity index (χ0) is 23.7. The van der Waals surface area contributed by atoms with Gasteiger partial charge in [0.05, 0.1) is 16.7 Å². The summed E-state index contributed by atoms with van der Waals surface area (Å²) in [6, 6.07) is 8.13. The van der Waals surface area contributed by atoms with Crippen LogP contribution in [0.5, 0.6) is 5.75 Å². The topological polar surface area (TPSA) is 87.7 Å². The third kappa shape index (κ3) is 8.72. The van der Waals surface area contributed by atoms with Gasteiger partial charge in [-0.3, -0.25) is 9.59 Å². The fraction of sp³-hybridized carbons (Fsp3) is 0.333. The Morgan fingerprint density at radius 3 is 2.38 bits per heavy atom. The lowest BCUT2D eigenvalue weighted by molar-refractivity contribution is -0.137. The van der Waals surface area contributed by atoms with E-state index in [1.165, 1.54) is 24.3 Å². The van der Waals surface area contributed by atoms with Gasteiger partial charge >= 0.3 is 6.18 Å². The monoisotopic (exact) mass is 476 g/mol. The highest BCUT2D eigenvalue weighted by molar-refractivity contribution is 6.30. The molecule has 2 amide bonds. The van der Waals surface area contributed by atoms with Crippen molar-refractivity contribution in [3.63, 3.8) is 0 Å². The average molecular weight is 477 g/mol. The van der Waals surface area contributed by atoms with Crippen LogP contribution in [0.3, 0.4) is 0 Å². The summed E-state index contributed by atoms with van der Waals surface area (Å²) in [5.74, 6) is -1.52. The molecule has 3 N–H and O–H groups in total. The maximum Gasteiger partial charge on any atom is 0.416 e. The molecule has 0 bridgehead atoms. The molecular formula is C21H21ClF4N2O4. The summed E-state index contributed by atoms with van der Waals surface area (Å²) in [7, 11) is 0. The highest BCUT2D eigenvalue weighted by Crippen LogP contribution is 2.29. The lowest BCUT2D eigenvalue weighted by atomic mass is 10.1. The summed E-state index contributed by atoms with van der Waals surface area (Å²) in [6.45, 7) is -0.475. The van der Waals surface area contributed by atoms with Crippen LogP contribution in [0.1, 0.15) is 24.0 Å². The van der Waals surface area contributed by atoms with E-state index in [0.29, 0.717) is 5.56 Å². The van der Waals surface area contributed by atoms with Crippen LogP contribution in [0, 0.1) is 5.82 Å². The van der Waals surface area contributed by atoms with Crippen LogP contribution >= 0.6 is 11.6 Å². The molecule has 0 saturated carbocycles. The van der Waals surface area contributed by atoms with Crippen LogP contribution in [0.25, 0.3) is 0 Å². The van der Waals surface area contributed by atoms with Gasteiger partial charge < -0.3 is 20.5 Å². The van der Waals surface area contributed by atoms with Gasteiger partial charge in [-0.1, -0.05) is 23.7 Å². The Hall–Kier alpha value is -2.85. The quantitative estimate of drug-likeness (QED) is 0.458. The van der Waals surface area contributed by atoms with E-state index in [9.17, 15) is 32.3 Å². The number of hydrogen-bond acceptors (Lipinski definition) is 4. The van der Waals surface area contributed by atoms with Crippen molar-refractivity contribution < 1.29 is 37.0 Å². The number of aliphatic hydroxyl groups excluding tert-OH is 1. The predicted molar refractivity (Wildman–Crippen MR) is 108 cm³/mol. The molecule has 6 nitrogen and oxygen atoms in total. The Labute approximate surface area is 186 Å².